The summed E-state index contributed by atoms with van der Waals surface area (Å²) in [5, 5.41) is 20.7. The van der Waals surface area contributed by atoms with E-state index >= 15 is 0 Å². The summed E-state index contributed by atoms with van der Waals surface area (Å²) in [5.41, 5.74) is 3.76. The van der Waals surface area contributed by atoms with Gasteiger partial charge in [-0.05, 0) is 38.2 Å². The Morgan fingerprint density at radius 3 is 2.59 bits per heavy atom. The van der Waals surface area contributed by atoms with Gasteiger partial charge in [0.2, 0.25) is 21.5 Å². The number of hydrogen-bond acceptors (Lipinski definition) is 8. The van der Waals surface area contributed by atoms with Gasteiger partial charge in [-0.15, -0.1) is 0 Å². The summed E-state index contributed by atoms with van der Waals surface area (Å²) in [6, 6.07) is 7.60. The van der Waals surface area contributed by atoms with Crippen LogP contribution in [-0.4, -0.2) is 91.1 Å². The van der Waals surface area contributed by atoms with Crippen molar-refractivity contribution in [2.75, 3.05) is 26.2 Å². The van der Waals surface area contributed by atoms with Crippen LogP contribution in [0, 0.1) is 5.41 Å². The van der Waals surface area contributed by atoms with Crippen LogP contribution in [0.5, 0.6) is 0 Å². The maximum absolute atomic E-state index is 13.5. The highest BCUT2D eigenvalue weighted by Gasteiger charge is 2.54. The average molecular weight is 539 g/mol. The van der Waals surface area contributed by atoms with E-state index in [-0.39, 0.29) is 32.0 Å². The van der Waals surface area contributed by atoms with Gasteiger partial charge in [-0.25, -0.2) is 13.2 Å². The van der Waals surface area contributed by atoms with Gasteiger partial charge < -0.3 is 30.7 Å². The highest BCUT2D eigenvalue weighted by atomic mass is 32.2. The molecule has 2 heterocycles. The number of aliphatic hydroxyl groups is 1. The zero-order chi connectivity index (χ0) is 27.2. The molecule has 1 aromatic rings. The van der Waals surface area contributed by atoms with E-state index in [1.54, 1.807) is 37.3 Å². The number of sulfonamides is 1. The fourth-order valence-corrected chi connectivity index (χ4v) is 6.16. The van der Waals surface area contributed by atoms with Crippen molar-refractivity contribution in [2.45, 2.75) is 56.2 Å². The molecule has 14 heteroatoms. The lowest BCUT2D eigenvalue weighted by molar-refractivity contribution is -0.162. The Hall–Kier alpha value is -3.23. The van der Waals surface area contributed by atoms with E-state index in [4.69, 9.17) is 15.9 Å². The van der Waals surface area contributed by atoms with Crippen LogP contribution in [0.4, 0.5) is 0 Å². The topological polar surface area (TPSA) is 195 Å². The van der Waals surface area contributed by atoms with E-state index in [2.05, 4.69) is 10.0 Å². The highest BCUT2D eigenvalue weighted by Crippen LogP contribution is 2.26. The number of nitrogens with two attached hydrogens (primary N) is 1. The molecular weight excluding hydrogens is 504 g/mol. The monoisotopic (exact) mass is 538 g/mol. The number of carbonyl (C=O) groups is 3. The van der Waals surface area contributed by atoms with Crippen molar-refractivity contribution in [3.63, 3.8) is 0 Å². The van der Waals surface area contributed by atoms with Crippen molar-refractivity contribution in [2.24, 2.45) is 5.73 Å². The SMILES string of the molecule is CCOC(=O)[C@@]1(NS(=O)(=O)Cc2ccccc2)CCCN(CC(=O)N[C@H]2CCCN(C(=N)N)C2O)C1=O. The molecule has 0 aromatic heterocycles. The molecule has 3 rings (SSSR count). The number of benzene rings is 1. The van der Waals surface area contributed by atoms with Gasteiger partial charge >= 0.3 is 5.97 Å². The first kappa shape index (κ1) is 28.3. The number of likely N-dealkylation sites (tertiary alicyclic amines) is 2. The van der Waals surface area contributed by atoms with Crippen LogP contribution in [0.15, 0.2) is 30.3 Å². The Morgan fingerprint density at radius 1 is 1.24 bits per heavy atom. The van der Waals surface area contributed by atoms with Crippen LogP contribution in [0.3, 0.4) is 0 Å². The van der Waals surface area contributed by atoms with E-state index in [0.717, 1.165) is 4.90 Å². The smallest absolute Gasteiger partial charge is 0.337 e. The van der Waals surface area contributed by atoms with Gasteiger partial charge in [0.1, 0.15) is 6.23 Å². The van der Waals surface area contributed by atoms with Gasteiger partial charge in [-0.2, -0.15) is 4.72 Å². The first-order chi connectivity index (χ1) is 17.5. The van der Waals surface area contributed by atoms with Gasteiger partial charge in [0.25, 0.3) is 5.91 Å². The molecule has 1 aromatic carbocycles. The molecule has 204 valence electrons. The van der Waals surface area contributed by atoms with E-state index in [1.165, 1.54) is 4.90 Å². The molecule has 0 bridgehead atoms. The molecule has 0 spiro atoms. The number of nitrogens with zero attached hydrogens (tertiary/aromatic N) is 2. The molecule has 13 nitrogen and oxygen atoms in total. The zero-order valence-electron chi connectivity index (χ0n) is 20.7. The van der Waals surface area contributed by atoms with E-state index in [9.17, 15) is 27.9 Å². The predicted molar refractivity (Wildman–Crippen MR) is 133 cm³/mol. The second-order valence-electron chi connectivity index (χ2n) is 9.11. The summed E-state index contributed by atoms with van der Waals surface area (Å²) in [7, 11) is -4.15. The third kappa shape index (κ3) is 6.76. The molecule has 2 amide bonds. The molecule has 2 saturated heterocycles. The van der Waals surface area contributed by atoms with Gasteiger partial charge in [0.15, 0.2) is 5.96 Å². The Morgan fingerprint density at radius 2 is 1.95 bits per heavy atom. The summed E-state index contributed by atoms with van der Waals surface area (Å²) in [6.07, 6.45) is -0.0480. The maximum Gasteiger partial charge on any atom is 0.337 e. The minimum atomic E-state index is -4.15. The van der Waals surface area contributed by atoms with Crippen LogP contribution in [0.25, 0.3) is 0 Å². The summed E-state index contributed by atoms with van der Waals surface area (Å²) in [5.74, 6) is -3.27. The molecule has 0 saturated carbocycles. The summed E-state index contributed by atoms with van der Waals surface area (Å²) >= 11 is 0. The number of esters is 1. The van der Waals surface area contributed by atoms with Crippen molar-refractivity contribution < 1.29 is 32.6 Å². The van der Waals surface area contributed by atoms with Crippen molar-refractivity contribution in [1.82, 2.24) is 19.8 Å². The van der Waals surface area contributed by atoms with Crippen molar-refractivity contribution >= 4 is 33.8 Å². The molecule has 3 atom stereocenters. The van der Waals surface area contributed by atoms with Crippen molar-refractivity contribution in [3.05, 3.63) is 35.9 Å². The quantitative estimate of drug-likeness (QED) is 0.111. The average Bonchev–Trinajstić information content (AvgIpc) is 2.83. The molecule has 1 unspecified atom stereocenters. The molecular formula is C23H34N6O7S. The fourth-order valence-electron chi connectivity index (χ4n) is 4.66. The zero-order valence-corrected chi connectivity index (χ0v) is 21.5. The van der Waals surface area contributed by atoms with E-state index in [0.29, 0.717) is 24.9 Å². The van der Waals surface area contributed by atoms with Crippen molar-refractivity contribution in [3.8, 4) is 0 Å². The fraction of sp³-hybridized carbons (Fsp3) is 0.565. The highest BCUT2D eigenvalue weighted by molar-refractivity contribution is 7.88. The lowest BCUT2D eigenvalue weighted by Gasteiger charge is -2.40. The molecule has 2 fully saturated rings. The number of nitrogens with one attached hydrogen (secondary N) is 3. The maximum atomic E-state index is 13.5. The number of piperidine rings is 2. The molecule has 0 radical (unpaired) electrons. The second-order valence-corrected chi connectivity index (χ2v) is 10.8. The lowest BCUT2D eigenvalue weighted by atomic mass is 9.89. The molecule has 37 heavy (non-hydrogen) atoms. The number of ether oxygens (including phenoxy) is 1. The van der Waals surface area contributed by atoms with E-state index in [1.807, 2.05) is 0 Å². The largest absolute Gasteiger partial charge is 0.464 e. The Bertz CT molecular complexity index is 1120. The first-order valence-corrected chi connectivity index (χ1v) is 13.7. The van der Waals surface area contributed by atoms with Crippen LogP contribution >= 0.6 is 0 Å². The number of guanidine groups is 1. The summed E-state index contributed by atoms with van der Waals surface area (Å²) in [4.78, 5) is 41.7. The van der Waals surface area contributed by atoms with Crippen LogP contribution < -0.4 is 15.8 Å². The van der Waals surface area contributed by atoms with Gasteiger partial charge in [-0.1, -0.05) is 30.3 Å². The van der Waals surface area contributed by atoms with Gasteiger partial charge in [0, 0.05) is 13.1 Å². The summed E-state index contributed by atoms with van der Waals surface area (Å²) < 4.78 is 33.4. The first-order valence-electron chi connectivity index (χ1n) is 12.1. The number of aliphatic hydroxyl groups excluding tert-OH is 1. The third-order valence-corrected chi connectivity index (χ3v) is 7.74. The number of rotatable bonds is 9. The van der Waals surface area contributed by atoms with Crippen LogP contribution in [0.1, 0.15) is 38.2 Å². The van der Waals surface area contributed by atoms with Crippen LogP contribution in [0.2, 0.25) is 0 Å². The summed E-state index contributed by atoms with van der Waals surface area (Å²) in [6.45, 7) is 1.52. The second kappa shape index (κ2) is 11.9. The van der Waals surface area contributed by atoms with Gasteiger partial charge in [0.05, 0.1) is 24.9 Å². The van der Waals surface area contributed by atoms with E-state index < -0.39 is 57.9 Å². The predicted octanol–water partition coefficient (Wildman–Crippen LogP) is -1.18. The van der Waals surface area contributed by atoms with Crippen molar-refractivity contribution in [1.29, 1.82) is 5.41 Å². The Kier molecular flexibility index (Phi) is 9.10. The minimum absolute atomic E-state index is 0.0685. The minimum Gasteiger partial charge on any atom is -0.464 e. The normalized spacial score (nSPS) is 24.4. The third-order valence-electron chi connectivity index (χ3n) is 6.37. The van der Waals surface area contributed by atoms with Crippen LogP contribution in [-0.2, 0) is 34.9 Å². The van der Waals surface area contributed by atoms with Gasteiger partial charge in [-0.3, -0.25) is 15.0 Å². The molecule has 2 aliphatic heterocycles. The number of amides is 2. The number of carbonyl (C=O) groups excluding carboxylic acids is 3. The Labute approximate surface area is 215 Å². The standard InChI is InChI=1S/C23H34N6O7S/c1-2-36-21(33)23(27-37(34,35)15-16-8-4-3-5-9-16)11-7-12-28(20(23)32)14-18(30)26-17-10-6-13-29(19(17)31)22(24)25/h3-5,8-9,17,19,27,31H,2,6-7,10-15H2,1H3,(H3,24,25)(H,26,30)/t17-,19?,23+/m0/s1. The lowest BCUT2D eigenvalue weighted by Crippen LogP contribution is -2.68. The molecule has 0 aliphatic carbocycles. The Balaban J connectivity index is 1.76. The number of hydrogen-bond donors (Lipinski definition) is 5. The molecule has 6 N–H and O–H groups in total. The molecule has 2 aliphatic rings.